The number of benzene rings is 1. The maximum atomic E-state index is 13.3. The van der Waals surface area contributed by atoms with Crippen LogP contribution in [0.5, 0.6) is 0 Å². The number of hydrogen-bond acceptors (Lipinski definition) is 3. The van der Waals surface area contributed by atoms with Gasteiger partial charge in [-0.1, -0.05) is 53.6 Å². The van der Waals surface area contributed by atoms with Gasteiger partial charge in [0.2, 0.25) is 0 Å². The second-order valence-electron chi connectivity index (χ2n) is 7.94. The molecule has 2 aliphatic rings. The maximum Gasteiger partial charge on any atom is 0.316 e. The van der Waals surface area contributed by atoms with Gasteiger partial charge in [-0.05, 0) is 75.0 Å². The average Bonchev–Trinajstić information content (AvgIpc) is 2.74. The zero-order valence-corrected chi connectivity index (χ0v) is 18.3. The van der Waals surface area contributed by atoms with E-state index in [4.69, 9.17) is 27.9 Å². The Bertz CT molecular complexity index is 771. The summed E-state index contributed by atoms with van der Waals surface area (Å²) in [6.45, 7) is 1.99. The average molecular weight is 435 g/mol. The molecule has 2 unspecified atom stereocenters. The highest BCUT2D eigenvalue weighted by Gasteiger charge is 2.37. The third kappa shape index (κ3) is 5.52. The highest BCUT2D eigenvalue weighted by molar-refractivity contribution is 6.36. The van der Waals surface area contributed by atoms with Gasteiger partial charge in [0, 0.05) is 16.0 Å². The number of halogens is 2. The molecule has 3 nitrogen and oxygen atoms in total. The van der Waals surface area contributed by atoms with Crippen LogP contribution < -0.4 is 0 Å². The molecular formula is C24H28Cl2O3. The third-order valence-electron chi connectivity index (χ3n) is 6.18. The van der Waals surface area contributed by atoms with Crippen LogP contribution >= 0.6 is 23.2 Å². The summed E-state index contributed by atoms with van der Waals surface area (Å²) >= 11 is 12.6. The molecule has 156 valence electrons. The maximum absolute atomic E-state index is 13.3. The van der Waals surface area contributed by atoms with Crippen molar-refractivity contribution in [2.24, 2.45) is 23.7 Å². The van der Waals surface area contributed by atoms with Crippen LogP contribution in [0.2, 0.25) is 10.0 Å². The van der Waals surface area contributed by atoms with Crippen molar-refractivity contribution in [3.8, 4) is 0 Å². The number of allylic oxidation sites excluding steroid dienone is 4. The summed E-state index contributed by atoms with van der Waals surface area (Å²) in [5, 5.41) is 0.945. The lowest BCUT2D eigenvalue weighted by molar-refractivity contribution is -0.153. The van der Waals surface area contributed by atoms with Crippen molar-refractivity contribution in [1.29, 1.82) is 0 Å². The first-order valence-corrected chi connectivity index (χ1v) is 11.2. The number of hydrogen-bond donors (Lipinski definition) is 0. The Morgan fingerprint density at radius 1 is 1.10 bits per heavy atom. The molecule has 1 fully saturated rings. The highest BCUT2D eigenvalue weighted by Crippen LogP contribution is 2.38. The topological polar surface area (TPSA) is 43.4 Å². The Balaban J connectivity index is 1.69. The molecule has 29 heavy (non-hydrogen) atoms. The summed E-state index contributed by atoms with van der Waals surface area (Å²) in [7, 11) is 0. The molecule has 0 N–H and O–H groups in total. The Kier molecular flexibility index (Phi) is 7.97. The highest BCUT2D eigenvalue weighted by atomic mass is 35.5. The first kappa shape index (κ1) is 22.1. The Hall–Kier alpha value is -1.58. The van der Waals surface area contributed by atoms with Gasteiger partial charge in [-0.15, -0.1) is 0 Å². The molecule has 2 atom stereocenters. The Labute approximate surface area is 183 Å². The number of carbonyl (C=O) groups excluding carboxylic acids is 2. The molecule has 0 amide bonds. The van der Waals surface area contributed by atoms with Gasteiger partial charge < -0.3 is 4.74 Å². The molecule has 0 saturated heterocycles. The molecule has 0 aliphatic heterocycles. The minimum atomic E-state index is -0.855. The molecule has 1 aromatic rings. The van der Waals surface area contributed by atoms with E-state index < -0.39 is 11.9 Å². The van der Waals surface area contributed by atoms with E-state index >= 15 is 0 Å². The second-order valence-corrected chi connectivity index (χ2v) is 8.75. The summed E-state index contributed by atoms with van der Waals surface area (Å²) in [5.41, 5.74) is 0.634. The van der Waals surface area contributed by atoms with Gasteiger partial charge in [-0.2, -0.15) is 0 Å². The van der Waals surface area contributed by atoms with Crippen LogP contribution in [0.3, 0.4) is 0 Å². The number of esters is 1. The second kappa shape index (κ2) is 10.4. The summed E-state index contributed by atoms with van der Waals surface area (Å²) < 4.78 is 5.22. The van der Waals surface area contributed by atoms with Crippen LogP contribution in [-0.2, 0) is 20.7 Å². The van der Waals surface area contributed by atoms with Crippen LogP contribution in [0, 0.1) is 23.7 Å². The minimum Gasteiger partial charge on any atom is -0.465 e. The summed E-state index contributed by atoms with van der Waals surface area (Å²) in [6.07, 6.45) is 13.7. The van der Waals surface area contributed by atoms with Gasteiger partial charge in [-0.3, -0.25) is 9.59 Å². The van der Waals surface area contributed by atoms with E-state index in [0.29, 0.717) is 27.4 Å². The number of ether oxygens (including phenoxy) is 1. The van der Waals surface area contributed by atoms with E-state index in [1.165, 1.54) is 0 Å². The Morgan fingerprint density at radius 3 is 2.38 bits per heavy atom. The fourth-order valence-electron chi connectivity index (χ4n) is 4.54. The van der Waals surface area contributed by atoms with E-state index in [1.54, 1.807) is 25.1 Å². The van der Waals surface area contributed by atoms with Crippen LogP contribution in [0.25, 0.3) is 0 Å². The molecule has 0 bridgehead atoms. The lowest BCUT2D eigenvalue weighted by Crippen LogP contribution is -2.35. The number of Topliss-reactive ketones (excluding diaryl/α,β-unsaturated/α-hetero) is 1. The van der Waals surface area contributed by atoms with Gasteiger partial charge in [0.1, 0.15) is 5.92 Å². The van der Waals surface area contributed by atoms with Crippen molar-refractivity contribution in [3.05, 3.63) is 58.1 Å². The van der Waals surface area contributed by atoms with Crippen LogP contribution in [0.15, 0.2) is 42.5 Å². The minimum absolute atomic E-state index is 0.0306. The molecule has 0 radical (unpaired) electrons. The zero-order valence-electron chi connectivity index (χ0n) is 16.8. The van der Waals surface area contributed by atoms with Crippen molar-refractivity contribution in [2.45, 2.75) is 45.4 Å². The molecule has 0 spiro atoms. The standard InChI is InChI=1S/C24H28Cl2O3/c1-2-29-24(28)20(15-19-21(25)9-6-10-22(19)26)23(27)18-13-11-17(12-14-18)16-7-4-3-5-8-16/h3-7,9-10,16-18,20H,2,8,11-15H2,1H3/t16?,17-,18-,20?. The summed E-state index contributed by atoms with van der Waals surface area (Å²) in [5.74, 6) is -0.289. The van der Waals surface area contributed by atoms with Crippen molar-refractivity contribution in [3.63, 3.8) is 0 Å². The number of carbonyl (C=O) groups is 2. The molecule has 0 aromatic heterocycles. The van der Waals surface area contributed by atoms with Crippen molar-refractivity contribution >= 4 is 35.0 Å². The quantitative estimate of drug-likeness (QED) is 0.377. The van der Waals surface area contributed by atoms with Crippen LogP contribution in [-0.4, -0.2) is 18.4 Å². The SMILES string of the molecule is CCOC(=O)C(Cc1c(Cl)cccc1Cl)C(=O)[C@H]1CC[C@H](C2C=CC=CC2)CC1. The van der Waals surface area contributed by atoms with Gasteiger partial charge in [0.25, 0.3) is 0 Å². The normalized spacial score (nSPS) is 24.9. The monoisotopic (exact) mass is 434 g/mol. The molecule has 1 aromatic carbocycles. The largest absolute Gasteiger partial charge is 0.465 e. The smallest absolute Gasteiger partial charge is 0.316 e. The van der Waals surface area contributed by atoms with E-state index in [0.717, 1.165) is 32.1 Å². The van der Waals surface area contributed by atoms with Gasteiger partial charge in [0.05, 0.1) is 6.61 Å². The predicted octanol–water partition coefficient (Wildman–Crippen LogP) is 6.22. The molecular weight excluding hydrogens is 407 g/mol. The zero-order chi connectivity index (χ0) is 20.8. The van der Waals surface area contributed by atoms with Gasteiger partial charge >= 0.3 is 5.97 Å². The van der Waals surface area contributed by atoms with Gasteiger partial charge in [-0.25, -0.2) is 0 Å². The third-order valence-corrected chi connectivity index (χ3v) is 6.89. The Morgan fingerprint density at radius 2 is 1.79 bits per heavy atom. The summed E-state index contributed by atoms with van der Waals surface area (Å²) in [4.78, 5) is 25.9. The van der Waals surface area contributed by atoms with E-state index in [-0.39, 0.29) is 24.7 Å². The number of ketones is 1. The molecule has 5 heteroatoms. The lowest BCUT2D eigenvalue weighted by atomic mass is 9.71. The number of rotatable bonds is 7. The predicted molar refractivity (Wildman–Crippen MR) is 117 cm³/mol. The first-order valence-electron chi connectivity index (χ1n) is 10.5. The van der Waals surface area contributed by atoms with E-state index in [9.17, 15) is 9.59 Å². The van der Waals surface area contributed by atoms with Crippen molar-refractivity contribution in [1.82, 2.24) is 0 Å². The molecule has 1 saturated carbocycles. The van der Waals surface area contributed by atoms with E-state index in [2.05, 4.69) is 24.3 Å². The fourth-order valence-corrected chi connectivity index (χ4v) is 5.09. The fraction of sp³-hybridized carbons (Fsp3) is 0.500. The van der Waals surface area contributed by atoms with Crippen LogP contribution in [0.1, 0.15) is 44.6 Å². The molecule has 2 aliphatic carbocycles. The summed E-state index contributed by atoms with van der Waals surface area (Å²) in [6, 6.07) is 5.21. The van der Waals surface area contributed by atoms with Crippen molar-refractivity contribution < 1.29 is 14.3 Å². The van der Waals surface area contributed by atoms with Gasteiger partial charge in [0.15, 0.2) is 5.78 Å². The van der Waals surface area contributed by atoms with Crippen molar-refractivity contribution in [2.75, 3.05) is 6.61 Å². The van der Waals surface area contributed by atoms with E-state index in [1.807, 2.05) is 0 Å². The molecule has 0 heterocycles. The molecule has 3 rings (SSSR count). The lowest BCUT2D eigenvalue weighted by Gasteiger charge is -2.33. The van der Waals surface area contributed by atoms with Crippen LogP contribution in [0.4, 0.5) is 0 Å². The first-order chi connectivity index (χ1) is 14.0.